The van der Waals surface area contributed by atoms with Crippen LogP contribution in [0.5, 0.6) is 0 Å². The van der Waals surface area contributed by atoms with Gasteiger partial charge in [-0.25, -0.2) is 8.42 Å². The van der Waals surface area contributed by atoms with E-state index in [0.29, 0.717) is 18.0 Å². The van der Waals surface area contributed by atoms with Gasteiger partial charge in [-0.2, -0.15) is 5.10 Å². The van der Waals surface area contributed by atoms with Crippen molar-refractivity contribution in [3.63, 3.8) is 0 Å². The lowest BCUT2D eigenvalue weighted by Gasteiger charge is -2.08. The quantitative estimate of drug-likeness (QED) is 0.904. The van der Waals surface area contributed by atoms with E-state index >= 15 is 0 Å². The Labute approximate surface area is 148 Å². The normalized spacial score (nSPS) is 19.3. The van der Waals surface area contributed by atoms with E-state index in [2.05, 4.69) is 36.4 Å². The summed E-state index contributed by atoms with van der Waals surface area (Å²) in [6.07, 6.45) is 0.463. The second-order valence-electron chi connectivity index (χ2n) is 6.89. The molecule has 0 bridgehead atoms. The molecule has 0 saturated carbocycles. The van der Waals surface area contributed by atoms with Gasteiger partial charge in [0.25, 0.3) is 5.91 Å². The summed E-state index contributed by atoms with van der Waals surface area (Å²) in [5.74, 6) is 0.273. The van der Waals surface area contributed by atoms with Crippen LogP contribution in [0.1, 0.15) is 42.2 Å². The lowest BCUT2D eigenvalue weighted by Crippen LogP contribution is -2.35. The van der Waals surface area contributed by atoms with Crippen LogP contribution in [-0.4, -0.2) is 41.7 Å². The molecule has 7 heteroatoms. The minimum Gasteiger partial charge on any atom is -0.347 e. The first-order chi connectivity index (χ1) is 11.7. The SMILES string of the molecule is CC(C)c1ccc(-c2cc(C(=O)NC3CCS(=O)(=O)C3)nn2C)cc1. The number of carbonyl (C=O) groups excluding carboxylic acids is 1. The molecule has 1 aliphatic heterocycles. The number of carbonyl (C=O) groups is 1. The van der Waals surface area contributed by atoms with Crippen molar-refractivity contribution in [2.24, 2.45) is 7.05 Å². The molecule has 0 aliphatic carbocycles. The largest absolute Gasteiger partial charge is 0.347 e. The number of amides is 1. The number of hydrogen-bond donors (Lipinski definition) is 1. The van der Waals surface area contributed by atoms with Crippen LogP contribution in [-0.2, 0) is 16.9 Å². The van der Waals surface area contributed by atoms with Crippen LogP contribution in [0.3, 0.4) is 0 Å². The van der Waals surface area contributed by atoms with E-state index in [0.717, 1.165) is 11.3 Å². The summed E-state index contributed by atoms with van der Waals surface area (Å²) in [4.78, 5) is 12.4. The van der Waals surface area contributed by atoms with Crippen molar-refractivity contribution in [1.29, 1.82) is 0 Å². The highest BCUT2D eigenvalue weighted by Crippen LogP contribution is 2.23. The number of aryl methyl sites for hydroxylation is 1. The molecule has 2 heterocycles. The highest BCUT2D eigenvalue weighted by molar-refractivity contribution is 7.91. The molecule has 134 valence electrons. The fourth-order valence-corrected chi connectivity index (χ4v) is 4.73. The third-order valence-corrected chi connectivity index (χ3v) is 6.32. The van der Waals surface area contributed by atoms with Gasteiger partial charge in [0.15, 0.2) is 15.5 Å². The van der Waals surface area contributed by atoms with Crippen molar-refractivity contribution >= 4 is 15.7 Å². The molecule has 0 spiro atoms. The minimum absolute atomic E-state index is 0.00902. The van der Waals surface area contributed by atoms with Gasteiger partial charge in [0.2, 0.25) is 0 Å². The lowest BCUT2D eigenvalue weighted by atomic mass is 10.0. The summed E-state index contributed by atoms with van der Waals surface area (Å²) < 4.78 is 24.7. The molecule has 6 nitrogen and oxygen atoms in total. The first kappa shape index (κ1) is 17.7. The Kier molecular flexibility index (Phi) is 4.69. The van der Waals surface area contributed by atoms with E-state index in [1.54, 1.807) is 17.8 Å². The summed E-state index contributed by atoms with van der Waals surface area (Å²) in [5.41, 5.74) is 3.39. The monoisotopic (exact) mass is 361 g/mol. The molecule has 1 fully saturated rings. The molecule has 25 heavy (non-hydrogen) atoms. The molecule has 0 radical (unpaired) electrons. The zero-order valence-corrected chi connectivity index (χ0v) is 15.5. The summed E-state index contributed by atoms with van der Waals surface area (Å²) >= 11 is 0. The van der Waals surface area contributed by atoms with Crippen molar-refractivity contribution in [2.45, 2.75) is 32.2 Å². The maximum Gasteiger partial charge on any atom is 0.272 e. The van der Waals surface area contributed by atoms with E-state index in [4.69, 9.17) is 0 Å². The summed E-state index contributed by atoms with van der Waals surface area (Å²) in [7, 11) is -1.23. The molecule has 1 atom stereocenters. The van der Waals surface area contributed by atoms with Crippen molar-refractivity contribution in [3.05, 3.63) is 41.6 Å². The molecule has 1 aromatic carbocycles. The van der Waals surface area contributed by atoms with Crippen molar-refractivity contribution in [3.8, 4) is 11.3 Å². The Balaban J connectivity index is 1.76. The van der Waals surface area contributed by atoms with Crippen LogP contribution in [0.2, 0.25) is 0 Å². The number of nitrogens with zero attached hydrogens (tertiary/aromatic N) is 2. The zero-order valence-electron chi connectivity index (χ0n) is 14.7. The zero-order chi connectivity index (χ0) is 18.2. The molecule has 1 saturated heterocycles. The van der Waals surface area contributed by atoms with Crippen LogP contribution >= 0.6 is 0 Å². The van der Waals surface area contributed by atoms with Gasteiger partial charge >= 0.3 is 0 Å². The summed E-state index contributed by atoms with van der Waals surface area (Å²) in [5, 5.41) is 7.05. The topological polar surface area (TPSA) is 81.1 Å². The fraction of sp³-hybridized carbons (Fsp3) is 0.444. The van der Waals surface area contributed by atoms with Gasteiger partial charge < -0.3 is 5.32 Å². The number of nitrogens with one attached hydrogen (secondary N) is 1. The van der Waals surface area contributed by atoms with E-state index in [-0.39, 0.29) is 23.5 Å². The molecule has 2 aromatic rings. The van der Waals surface area contributed by atoms with Gasteiger partial charge in [0, 0.05) is 13.1 Å². The average molecular weight is 361 g/mol. The second kappa shape index (κ2) is 6.63. The highest BCUT2D eigenvalue weighted by atomic mass is 32.2. The van der Waals surface area contributed by atoms with Gasteiger partial charge in [-0.15, -0.1) is 0 Å². The third-order valence-electron chi connectivity index (χ3n) is 4.55. The predicted octanol–water partition coefficient (Wildman–Crippen LogP) is 2.13. The van der Waals surface area contributed by atoms with Crippen LogP contribution in [0.15, 0.2) is 30.3 Å². The van der Waals surface area contributed by atoms with Crippen molar-refractivity contribution < 1.29 is 13.2 Å². The van der Waals surface area contributed by atoms with E-state index in [9.17, 15) is 13.2 Å². The third kappa shape index (κ3) is 3.92. The molecule has 1 aliphatic rings. The summed E-state index contributed by atoms with van der Waals surface area (Å²) in [6.45, 7) is 4.29. The molecule has 1 N–H and O–H groups in total. The van der Waals surface area contributed by atoms with Crippen LogP contribution in [0, 0.1) is 0 Å². The van der Waals surface area contributed by atoms with Gasteiger partial charge in [-0.1, -0.05) is 38.1 Å². The molecular weight excluding hydrogens is 338 g/mol. The number of aromatic nitrogens is 2. The van der Waals surface area contributed by atoms with Crippen LogP contribution in [0.25, 0.3) is 11.3 Å². The molecular formula is C18H23N3O3S. The van der Waals surface area contributed by atoms with Gasteiger partial charge in [-0.05, 0) is 29.5 Å². The smallest absolute Gasteiger partial charge is 0.272 e. The van der Waals surface area contributed by atoms with E-state index < -0.39 is 9.84 Å². The Morgan fingerprint density at radius 1 is 1.28 bits per heavy atom. The highest BCUT2D eigenvalue weighted by Gasteiger charge is 2.29. The van der Waals surface area contributed by atoms with Crippen LogP contribution in [0.4, 0.5) is 0 Å². The first-order valence-electron chi connectivity index (χ1n) is 8.41. The second-order valence-corrected chi connectivity index (χ2v) is 9.12. The molecule has 1 unspecified atom stereocenters. The number of benzene rings is 1. The number of sulfone groups is 1. The first-order valence-corrected chi connectivity index (χ1v) is 10.2. The van der Waals surface area contributed by atoms with Gasteiger partial charge in [0.1, 0.15) is 0 Å². The van der Waals surface area contributed by atoms with Gasteiger partial charge in [0.05, 0.1) is 17.2 Å². The predicted molar refractivity (Wildman–Crippen MR) is 97.3 cm³/mol. The lowest BCUT2D eigenvalue weighted by molar-refractivity contribution is 0.0935. The molecule has 1 amide bonds. The maximum absolute atomic E-state index is 12.4. The van der Waals surface area contributed by atoms with Gasteiger partial charge in [-0.3, -0.25) is 9.48 Å². The average Bonchev–Trinajstić information content (AvgIpc) is 3.10. The van der Waals surface area contributed by atoms with Crippen molar-refractivity contribution in [2.75, 3.05) is 11.5 Å². The Bertz CT molecular complexity index is 883. The number of rotatable bonds is 4. The summed E-state index contributed by atoms with van der Waals surface area (Å²) in [6, 6.07) is 9.62. The maximum atomic E-state index is 12.4. The number of hydrogen-bond acceptors (Lipinski definition) is 4. The Morgan fingerprint density at radius 3 is 2.52 bits per heavy atom. The van der Waals surface area contributed by atoms with Crippen molar-refractivity contribution in [1.82, 2.24) is 15.1 Å². The standard InChI is InChI=1S/C18H23N3O3S/c1-12(2)13-4-6-14(7-5-13)17-10-16(20-21(17)3)18(22)19-15-8-9-25(23,24)11-15/h4-7,10,12,15H,8-9,11H2,1-3H3,(H,19,22). The fourth-order valence-electron chi connectivity index (χ4n) is 3.06. The Hall–Kier alpha value is -2.15. The molecule has 1 aromatic heterocycles. The van der Waals surface area contributed by atoms with E-state index in [1.165, 1.54) is 5.56 Å². The van der Waals surface area contributed by atoms with Crippen LogP contribution < -0.4 is 5.32 Å². The minimum atomic E-state index is -3.02. The molecule has 3 rings (SSSR count). The Morgan fingerprint density at radius 2 is 1.96 bits per heavy atom. The van der Waals surface area contributed by atoms with E-state index in [1.807, 2.05) is 12.1 Å².